The maximum atomic E-state index is 13.7. The number of benzene rings is 3. The van der Waals surface area contributed by atoms with Gasteiger partial charge in [-0.3, -0.25) is 14.4 Å². The number of rotatable bonds is 14. The van der Waals surface area contributed by atoms with E-state index in [-0.39, 0.29) is 36.7 Å². The van der Waals surface area contributed by atoms with Gasteiger partial charge in [-0.05, 0) is 46.9 Å². The van der Waals surface area contributed by atoms with E-state index < -0.39 is 47.9 Å². The molecule has 0 aliphatic carbocycles. The van der Waals surface area contributed by atoms with E-state index in [0.717, 1.165) is 0 Å². The van der Waals surface area contributed by atoms with Crippen LogP contribution in [-0.2, 0) is 38.4 Å². The smallest absolute Gasteiger partial charge is 0.326 e. The van der Waals surface area contributed by atoms with Gasteiger partial charge in [0.1, 0.15) is 29.6 Å². The van der Waals surface area contributed by atoms with Gasteiger partial charge in [0, 0.05) is 19.3 Å². The van der Waals surface area contributed by atoms with Crippen molar-refractivity contribution in [1.82, 2.24) is 16.0 Å². The normalized spacial score (nSPS) is 13.8. The molecule has 0 aliphatic heterocycles. The third-order valence-electron chi connectivity index (χ3n) is 6.94. The van der Waals surface area contributed by atoms with Gasteiger partial charge in [-0.25, -0.2) is 4.79 Å². The van der Waals surface area contributed by atoms with Gasteiger partial charge in [-0.2, -0.15) is 0 Å². The van der Waals surface area contributed by atoms with Crippen molar-refractivity contribution in [2.24, 2.45) is 11.7 Å². The molecule has 11 nitrogen and oxygen atoms in total. The molecular weight excluding hydrogens is 552 g/mol. The average molecular weight is 591 g/mol. The van der Waals surface area contributed by atoms with E-state index in [1.807, 2.05) is 0 Å². The van der Waals surface area contributed by atoms with Crippen molar-refractivity contribution >= 4 is 23.7 Å². The summed E-state index contributed by atoms with van der Waals surface area (Å²) >= 11 is 0. The first-order valence-corrected chi connectivity index (χ1v) is 13.9. The molecule has 4 unspecified atom stereocenters. The van der Waals surface area contributed by atoms with Gasteiger partial charge in [-0.1, -0.05) is 68.4 Å². The van der Waals surface area contributed by atoms with Gasteiger partial charge in [0.2, 0.25) is 17.7 Å². The minimum atomic E-state index is -1.27. The number of amides is 3. The molecular formula is C32H38N4O7. The number of phenolic OH excluding ortho intramolecular Hbond substituents is 2. The molecule has 4 atom stereocenters. The molecule has 43 heavy (non-hydrogen) atoms. The second kappa shape index (κ2) is 15.4. The second-order valence-electron chi connectivity index (χ2n) is 10.7. The predicted octanol–water partition coefficient (Wildman–Crippen LogP) is 1.65. The number of phenols is 2. The van der Waals surface area contributed by atoms with Crippen LogP contribution in [0, 0.1) is 5.92 Å². The first kappa shape index (κ1) is 32.6. The van der Waals surface area contributed by atoms with Crippen LogP contribution < -0.4 is 21.7 Å². The number of carboxylic acid groups (broad SMARTS) is 1. The monoisotopic (exact) mass is 590 g/mol. The van der Waals surface area contributed by atoms with Crippen molar-refractivity contribution in [3.05, 3.63) is 95.6 Å². The quantitative estimate of drug-likeness (QED) is 0.147. The number of hydrogen-bond donors (Lipinski definition) is 7. The molecule has 0 saturated carbocycles. The van der Waals surface area contributed by atoms with Gasteiger partial charge in [0.05, 0.1) is 6.04 Å². The Balaban J connectivity index is 1.87. The summed E-state index contributed by atoms with van der Waals surface area (Å²) in [6, 6.07) is 16.4. The minimum absolute atomic E-state index is 0.0146. The summed E-state index contributed by atoms with van der Waals surface area (Å²) in [4.78, 5) is 52.1. The van der Waals surface area contributed by atoms with Crippen LogP contribution in [-0.4, -0.2) is 63.2 Å². The lowest BCUT2D eigenvalue weighted by Crippen LogP contribution is -2.58. The molecule has 0 fully saturated rings. The Kier molecular flexibility index (Phi) is 11.7. The fraction of sp³-hybridized carbons (Fsp3) is 0.312. The van der Waals surface area contributed by atoms with Crippen molar-refractivity contribution in [2.75, 3.05) is 0 Å². The Morgan fingerprint density at radius 1 is 0.605 bits per heavy atom. The molecule has 3 aromatic carbocycles. The van der Waals surface area contributed by atoms with E-state index in [1.54, 1.807) is 68.4 Å². The van der Waals surface area contributed by atoms with Crippen molar-refractivity contribution in [3.8, 4) is 11.5 Å². The number of aliphatic carboxylic acids is 1. The lowest BCUT2D eigenvalue weighted by atomic mass is 10.00. The Hall–Kier alpha value is -4.90. The zero-order valence-electron chi connectivity index (χ0n) is 24.1. The summed E-state index contributed by atoms with van der Waals surface area (Å²) in [5, 5.41) is 37.1. The number of nitrogens with one attached hydrogen (secondary N) is 3. The van der Waals surface area contributed by atoms with Crippen molar-refractivity contribution in [3.63, 3.8) is 0 Å². The highest BCUT2D eigenvalue weighted by atomic mass is 16.4. The van der Waals surface area contributed by atoms with Crippen LogP contribution in [0.2, 0.25) is 0 Å². The zero-order valence-corrected chi connectivity index (χ0v) is 24.1. The molecule has 8 N–H and O–H groups in total. The summed E-state index contributed by atoms with van der Waals surface area (Å²) in [5.41, 5.74) is 7.94. The topological polar surface area (TPSA) is 191 Å². The van der Waals surface area contributed by atoms with E-state index in [2.05, 4.69) is 16.0 Å². The SMILES string of the molecule is CC(C)C(N)C(=O)NC(Cc1ccc(O)cc1)C(=O)NC(Cc1ccc(O)cc1)C(=O)NC(Cc1ccccc1)C(=O)O. The van der Waals surface area contributed by atoms with Crippen LogP contribution in [0.25, 0.3) is 0 Å². The zero-order chi connectivity index (χ0) is 31.5. The number of aromatic hydroxyl groups is 2. The molecule has 11 heteroatoms. The average Bonchev–Trinajstić information content (AvgIpc) is 2.98. The molecule has 3 rings (SSSR count). The fourth-order valence-electron chi connectivity index (χ4n) is 4.32. The number of nitrogens with two attached hydrogens (primary N) is 1. The van der Waals surface area contributed by atoms with Crippen LogP contribution in [0.3, 0.4) is 0 Å². The first-order valence-electron chi connectivity index (χ1n) is 13.9. The standard InChI is InChI=1S/C32H38N4O7/c1-19(2)28(33)31(41)35-26(17-22-10-14-24(38)15-11-22)29(39)34-25(16-21-8-12-23(37)13-9-21)30(40)36-27(32(42)43)18-20-6-4-3-5-7-20/h3-15,19,25-28,37-38H,16-18,33H2,1-2H3,(H,34,39)(H,35,41)(H,36,40)(H,42,43). The Morgan fingerprint density at radius 2 is 0.977 bits per heavy atom. The maximum absolute atomic E-state index is 13.7. The van der Waals surface area contributed by atoms with Crippen LogP contribution in [0.4, 0.5) is 0 Å². The third kappa shape index (κ3) is 10.2. The third-order valence-corrected chi connectivity index (χ3v) is 6.94. The van der Waals surface area contributed by atoms with Gasteiger partial charge in [-0.15, -0.1) is 0 Å². The van der Waals surface area contributed by atoms with Gasteiger partial charge in [0.25, 0.3) is 0 Å². The van der Waals surface area contributed by atoms with E-state index >= 15 is 0 Å². The highest BCUT2D eigenvalue weighted by Crippen LogP contribution is 2.14. The predicted molar refractivity (Wildman–Crippen MR) is 160 cm³/mol. The minimum Gasteiger partial charge on any atom is -0.508 e. The van der Waals surface area contributed by atoms with Gasteiger partial charge in [0.15, 0.2) is 0 Å². The van der Waals surface area contributed by atoms with Crippen molar-refractivity contribution < 1.29 is 34.5 Å². The van der Waals surface area contributed by atoms with Crippen LogP contribution in [0.1, 0.15) is 30.5 Å². The lowest BCUT2D eigenvalue weighted by Gasteiger charge is -2.26. The number of hydrogen-bond acceptors (Lipinski definition) is 7. The first-order chi connectivity index (χ1) is 20.4. The fourth-order valence-corrected chi connectivity index (χ4v) is 4.32. The molecule has 0 spiro atoms. The van der Waals surface area contributed by atoms with E-state index in [1.165, 1.54) is 24.3 Å². The van der Waals surface area contributed by atoms with Crippen LogP contribution >= 0.6 is 0 Å². The Bertz CT molecular complexity index is 1380. The van der Waals surface area contributed by atoms with E-state index in [9.17, 15) is 34.5 Å². The molecule has 228 valence electrons. The number of carbonyl (C=O) groups excluding carboxylic acids is 3. The molecule has 0 aliphatic rings. The maximum Gasteiger partial charge on any atom is 0.326 e. The van der Waals surface area contributed by atoms with E-state index in [4.69, 9.17) is 5.73 Å². The highest BCUT2D eigenvalue weighted by Gasteiger charge is 2.31. The molecule has 0 aromatic heterocycles. The number of carboxylic acids is 1. The summed E-state index contributed by atoms with van der Waals surface area (Å²) in [6.07, 6.45) is 0.0251. The Labute approximate surface area is 250 Å². The molecule has 0 heterocycles. The van der Waals surface area contributed by atoms with Crippen molar-refractivity contribution in [1.29, 1.82) is 0 Å². The van der Waals surface area contributed by atoms with Crippen LogP contribution in [0.15, 0.2) is 78.9 Å². The van der Waals surface area contributed by atoms with Crippen molar-refractivity contribution in [2.45, 2.75) is 57.3 Å². The summed E-state index contributed by atoms with van der Waals surface area (Å²) < 4.78 is 0. The van der Waals surface area contributed by atoms with E-state index in [0.29, 0.717) is 16.7 Å². The summed E-state index contributed by atoms with van der Waals surface area (Å²) in [6.45, 7) is 3.54. The highest BCUT2D eigenvalue weighted by molar-refractivity contribution is 5.94. The van der Waals surface area contributed by atoms with Gasteiger partial charge < -0.3 is 37.0 Å². The lowest BCUT2D eigenvalue weighted by molar-refractivity contribution is -0.142. The number of carbonyl (C=O) groups is 4. The molecule has 3 amide bonds. The largest absolute Gasteiger partial charge is 0.508 e. The Morgan fingerprint density at radius 3 is 1.40 bits per heavy atom. The van der Waals surface area contributed by atoms with Gasteiger partial charge >= 0.3 is 5.97 Å². The summed E-state index contributed by atoms with van der Waals surface area (Å²) in [5.74, 6) is -3.38. The molecule has 0 bridgehead atoms. The molecule has 0 radical (unpaired) electrons. The summed E-state index contributed by atoms with van der Waals surface area (Å²) in [7, 11) is 0. The molecule has 3 aromatic rings. The second-order valence-corrected chi connectivity index (χ2v) is 10.7. The molecule has 0 saturated heterocycles. The van der Waals surface area contributed by atoms with Crippen LogP contribution in [0.5, 0.6) is 11.5 Å².